The summed E-state index contributed by atoms with van der Waals surface area (Å²) in [6, 6.07) is 2.11. The van der Waals surface area contributed by atoms with Crippen LogP contribution in [0.1, 0.15) is 19.0 Å². The Labute approximate surface area is 95.6 Å². The molecule has 0 spiro atoms. The second-order valence-corrected chi connectivity index (χ2v) is 3.57. The Balaban J connectivity index is 2.74. The largest absolute Gasteiger partial charge is 0.383 e. The molecule has 1 aromatic rings. The van der Waals surface area contributed by atoms with Crippen molar-refractivity contribution in [2.45, 2.75) is 26.3 Å². The summed E-state index contributed by atoms with van der Waals surface area (Å²) in [6.45, 7) is 4.63. The van der Waals surface area contributed by atoms with Crippen LogP contribution in [0.25, 0.3) is 0 Å². The smallest absolute Gasteiger partial charge is 0.239 e. The lowest BCUT2D eigenvalue weighted by Gasteiger charge is -2.17. The zero-order valence-electron chi connectivity index (χ0n) is 9.95. The fraction of sp³-hybridized carbons (Fsp3) is 0.600. The summed E-state index contributed by atoms with van der Waals surface area (Å²) in [4.78, 5) is 8.32. The van der Waals surface area contributed by atoms with E-state index in [1.807, 2.05) is 13.0 Å². The maximum absolute atomic E-state index is 5.28. The monoisotopic (exact) mass is 225 g/mol. The molecule has 6 heteroatoms. The van der Waals surface area contributed by atoms with Crippen molar-refractivity contribution in [2.24, 2.45) is 5.84 Å². The van der Waals surface area contributed by atoms with Gasteiger partial charge >= 0.3 is 0 Å². The lowest BCUT2D eigenvalue weighted by atomic mass is 10.2. The van der Waals surface area contributed by atoms with E-state index in [0.29, 0.717) is 12.6 Å². The fourth-order valence-corrected chi connectivity index (χ4v) is 1.38. The lowest BCUT2D eigenvalue weighted by Crippen LogP contribution is -2.25. The van der Waals surface area contributed by atoms with Crippen molar-refractivity contribution in [3.8, 4) is 0 Å². The molecule has 0 bridgehead atoms. The zero-order valence-corrected chi connectivity index (χ0v) is 9.95. The van der Waals surface area contributed by atoms with Gasteiger partial charge in [0.2, 0.25) is 5.95 Å². The van der Waals surface area contributed by atoms with E-state index in [2.05, 4.69) is 27.6 Å². The number of nitrogens with two attached hydrogens (primary N) is 1. The average molecular weight is 225 g/mol. The van der Waals surface area contributed by atoms with Crippen molar-refractivity contribution < 1.29 is 4.74 Å². The molecule has 0 fully saturated rings. The third-order valence-electron chi connectivity index (χ3n) is 2.20. The van der Waals surface area contributed by atoms with Crippen molar-refractivity contribution in [2.75, 3.05) is 24.5 Å². The van der Waals surface area contributed by atoms with Gasteiger partial charge in [-0.1, -0.05) is 6.92 Å². The summed E-state index contributed by atoms with van der Waals surface area (Å²) in [5.41, 5.74) is 3.30. The average Bonchev–Trinajstić information content (AvgIpc) is 2.27. The van der Waals surface area contributed by atoms with Gasteiger partial charge in [0.25, 0.3) is 0 Å². The minimum Gasteiger partial charge on any atom is -0.383 e. The molecule has 1 heterocycles. The number of aryl methyl sites for hydroxylation is 1. The van der Waals surface area contributed by atoms with Gasteiger partial charge in [0.1, 0.15) is 5.82 Å². The molecular weight excluding hydrogens is 206 g/mol. The van der Waals surface area contributed by atoms with E-state index in [0.717, 1.165) is 17.9 Å². The van der Waals surface area contributed by atoms with E-state index < -0.39 is 0 Å². The van der Waals surface area contributed by atoms with Crippen LogP contribution < -0.4 is 16.6 Å². The first kappa shape index (κ1) is 12.7. The van der Waals surface area contributed by atoms with Crippen LogP contribution >= 0.6 is 0 Å². The molecule has 0 aliphatic heterocycles. The highest BCUT2D eigenvalue weighted by Gasteiger charge is 2.07. The van der Waals surface area contributed by atoms with Crippen LogP contribution in [0, 0.1) is 6.92 Å². The fourth-order valence-electron chi connectivity index (χ4n) is 1.38. The van der Waals surface area contributed by atoms with Gasteiger partial charge in [-0.15, -0.1) is 0 Å². The third-order valence-corrected chi connectivity index (χ3v) is 2.20. The molecule has 0 saturated heterocycles. The van der Waals surface area contributed by atoms with Crippen molar-refractivity contribution in [1.82, 2.24) is 9.97 Å². The molecule has 1 aromatic heterocycles. The van der Waals surface area contributed by atoms with Crippen LogP contribution in [0.3, 0.4) is 0 Å². The van der Waals surface area contributed by atoms with Crippen molar-refractivity contribution in [3.05, 3.63) is 11.8 Å². The molecule has 1 unspecified atom stereocenters. The van der Waals surface area contributed by atoms with Crippen LogP contribution in [0.5, 0.6) is 0 Å². The molecule has 6 nitrogen and oxygen atoms in total. The Kier molecular flexibility index (Phi) is 4.94. The number of hydrazine groups is 1. The van der Waals surface area contributed by atoms with Crippen LogP contribution in [0.2, 0.25) is 0 Å². The van der Waals surface area contributed by atoms with Gasteiger partial charge in [-0.2, -0.15) is 4.98 Å². The highest BCUT2D eigenvalue weighted by atomic mass is 16.5. The number of nitrogens with one attached hydrogen (secondary N) is 2. The molecule has 4 N–H and O–H groups in total. The van der Waals surface area contributed by atoms with Gasteiger partial charge in [-0.25, -0.2) is 10.8 Å². The molecule has 0 radical (unpaired) electrons. The van der Waals surface area contributed by atoms with Crippen molar-refractivity contribution in [1.29, 1.82) is 0 Å². The van der Waals surface area contributed by atoms with E-state index in [-0.39, 0.29) is 6.04 Å². The first-order valence-corrected chi connectivity index (χ1v) is 5.27. The predicted molar refractivity (Wildman–Crippen MR) is 64.2 cm³/mol. The van der Waals surface area contributed by atoms with Crippen LogP contribution in [-0.2, 0) is 4.74 Å². The number of aromatic nitrogens is 2. The number of methoxy groups -OCH3 is 1. The quantitative estimate of drug-likeness (QED) is 0.493. The number of rotatable bonds is 6. The van der Waals surface area contributed by atoms with Gasteiger partial charge in [0.15, 0.2) is 0 Å². The molecule has 0 aliphatic carbocycles. The molecule has 0 amide bonds. The Morgan fingerprint density at radius 1 is 1.50 bits per heavy atom. The zero-order chi connectivity index (χ0) is 12.0. The summed E-state index contributed by atoms with van der Waals surface area (Å²) >= 11 is 0. The first-order chi connectivity index (χ1) is 7.69. The first-order valence-electron chi connectivity index (χ1n) is 5.27. The Morgan fingerprint density at radius 3 is 2.81 bits per heavy atom. The second kappa shape index (κ2) is 6.24. The van der Waals surface area contributed by atoms with E-state index in [4.69, 9.17) is 10.6 Å². The Morgan fingerprint density at radius 2 is 2.25 bits per heavy atom. The maximum Gasteiger partial charge on any atom is 0.239 e. The predicted octanol–water partition coefficient (Wildman–Crippen LogP) is 0.908. The molecule has 1 atom stereocenters. The molecule has 0 aromatic carbocycles. The molecule has 16 heavy (non-hydrogen) atoms. The molecule has 90 valence electrons. The number of nitrogens with zero attached hydrogens (tertiary/aromatic N) is 2. The van der Waals surface area contributed by atoms with Gasteiger partial charge in [0, 0.05) is 18.9 Å². The lowest BCUT2D eigenvalue weighted by molar-refractivity contribution is 0.184. The summed E-state index contributed by atoms with van der Waals surface area (Å²) in [7, 11) is 1.68. The molecular formula is C10H19N5O. The third kappa shape index (κ3) is 3.63. The summed E-state index contributed by atoms with van der Waals surface area (Å²) in [5, 5.41) is 3.27. The minimum absolute atomic E-state index is 0.241. The highest BCUT2D eigenvalue weighted by molar-refractivity contribution is 5.42. The van der Waals surface area contributed by atoms with E-state index >= 15 is 0 Å². The van der Waals surface area contributed by atoms with E-state index in [1.165, 1.54) is 0 Å². The number of hydrogen-bond acceptors (Lipinski definition) is 6. The maximum atomic E-state index is 5.28. The molecule has 0 aliphatic rings. The Hall–Kier alpha value is -1.40. The highest BCUT2D eigenvalue weighted by Crippen LogP contribution is 2.11. The molecule has 0 saturated carbocycles. The van der Waals surface area contributed by atoms with Gasteiger partial charge in [-0.05, 0) is 13.3 Å². The Bertz CT molecular complexity index is 331. The minimum atomic E-state index is 0.241. The van der Waals surface area contributed by atoms with E-state index in [9.17, 15) is 0 Å². The number of hydrogen-bond donors (Lipinski definition) is 3. The number of ether oxygens (including phenoxy) is 1. The van der Waals surface area contributed by atoms with Crippen LogP contribution in [-0.4, -0.2) is 29.7 Å². The standard InChI is InChI=1S/C10H19N5O/c1-4-8(6-16-3)13-9-5-7(2)12-10(14-9)15-11/h5,8H,4,6,11H2,1-3H3,(H2,12,13,14,15). The second-order valence-electron chi connectivity index (χ2n) is 3.57. The SMILES string of the molecule is CCC(COC)Nc1cc(C)nc(NN)n1. The normalized spacial score (nSPS) is 12.2. The van der Waals surface area contributed by atoms with Gasteiger partial charge in [0.05, 0.1) is 12.6 Å². The summed E-state index contributed by atoms with van der Waals surface area (Å²) in [6.07, 6.45) is 0.961. The summed E-state index contributed by atoms with van der Waals surface area (Å²) < 4.78 is 5.11. The van der Waals surface area contributed by atoms with Gasteiger partial charge < -0.3 is 10.1 Å². The van der Waals surface area contributed by atoms with E-state index in [1.54, 1.807) is 7.11 Å². The number of nitrogen functional groups attached to an aromatic ring is 1. The van der Waals surface area contributed by atoms with Crippen molar-refractivity contribution >= 4 is 11.8 Å². The number of anilines is 2. The van der Waals surface area contributed by atoms with Crippen LogP contribution in [0.4, 0.5) is 11.8 Å². The van der Waals surface area contributed by atoms with Gasteiger partial charge in [-0.3, -0.25) is 5.43 Å². The molecule has 1 rings (SSSR count). The summed E-state index contributed by atoms with van der Waals surface area (Å²) in [5.74, 6) is 6.45. The van der Waals surface area contributed by atoms with Crippen molar-refractivity contribution in [3.63, 3.8) is 0 Å². The topological polar surface area (TPSA) is 85.1 Å². The van der Waals surface area contributed by atoms with Crippen LogP contribution in [0.15, 0.2) is 6.07 Å².